The maximum atomic E-state index is 11.5. The second-order valence-electron chi connectivity index (χ2n) is 5.99. The summed E-state index contributed by atoms with van der Waals surface area (Å²) in [7, 11) is 1.20. The van der Waals surface area contributed by atoms with E-state index in [1.54, 1.807) is 20.8 Å². The molecule has 8 nitrogen and oxygen atoms in total. The van der Waals surface area contributed by atoms with E-state index in [9.17, 15) is 19.8 Å². The number of aliphatic hydroxyl groups is 2. The second kappa shape index (κ2) is 8.27. The van der Waals surface area contributed by atoms with Crippen LogP contribution in [0.3, 0.4) is 0 Å². The molecule has 1 amide bonds. The fourth-order valence-electron chi connectivity index (χ4n) is 1.72. The molecule has 9 heteroatoms. The van der Waals surface area contributed by atoms with Gasteiger partial charge in [0.1, 0.15) is 23.0 Å². The van der Waals surface area contributed by atoms with Gasteiger partial charge in [-0.15, -0.1) is 0 Å². The third-order valence-electron chi connectivity index (χ3n) is 2.82. The number of nitrogens with one attached hydrogen (secondary N) is 1. The number of halogens is 1. The molecule has 0 bridgehead atoms. The lowest BCUT2D eigenvalue weighted by Crippen LogP contribution is -2.39. The number of rotatable bonds is 5. The normalized spacial score (nSPS) is 13.8. The Morgan fingerprint density at radius 3 is 2.54 bits per heavy atom. The van der Waals surface area contributed by atoms with E-state index in [-0.39, 0.29) is 22.8 Å². The maximum Gasteiger partial charge on any atom is 0.407 e. The third-order valence-corrected chi connectivity index (χ3v) is 3.14. The first kappa shape index (κ1) is 20.1. The molecule has 1 aromatic rings. The Hall–Kier alpha value is -1.90. The van der Waals surface area contributed by atoms with Gasteiger partial charge in [0.15, 0.2) is 0 Å². The van der Waals surface area contributed by atoms with E-state index in [2.05, 4.69) is 15.0 Å². The van der Waals surface area contributed by atoms with Crippen molar-refractivity contribution in [1.29, 1.82) is 0 Å². The van der Waals surface area contributed by atoms with Gasteiger partial charge in [0, 0.05) is 18.3 Å². The number of hydrogen-bond acceptors (Lipinski definition) is 7. The summed E-state index contributed by atoms with van der Waals surface area (Å²) < 4.78 is 9.58. The zero-order valence-corrected chi connectivity index (χ0v) is 14.6. The summed E-state index contributed by atoms with van der Waals surface area (Å²) in [5, 5.41) is 22.4. The number of carbonyl (C=O) groups excluding carboxylic acids is 2. The Bertz CT molecular complexity index is 602. The van der Waals surface area contributed by atoms with Crippen LogP contribution in [0, 0.1) is 0 Å². The summed E-state index contributed by atoms with van der Waals surface area (Å²) in [6.07, 6.45) is -2.40. The zero-order chi connectivity index (χ0) is 18.5. The van der Waals surface area contributed by atoms with Crippen molar-refractivity contribution in [3.63, 3.8) is 0 Å². The average molecular weight is 361 g/mol. The van der Waals surface area contributed by atoms with Crippen molar-refractivity contribution in [3.05, 3.63) is 28.5 Å². The van der Waals surface area contributed by atoms with Crippen LogP contribution in [0.1, 0.15) is 42.8 Å². The molecule has 0 spiro atoms. The van der Waals surface area contributed by atoms with Crippen LogP contribution in [-0.2, 0) is 9.47 Å². The molecule has 134 valence electrons. The van der Waals surface area contributed by atoms with Gasteiger partial charge in [0.05, 0.1) is 12.7 Å². The maximum absolute atomic E-state index is 11.5. The Labute approximate surface area is 144 Å². The molecule has 0 aromatic carbocycles. The Morgan fingerprint density at radius 2 is 2.00 bits per heavy atom. The molecular weight excluding hydrogens is 340 g/mol. The Morgan fingerprint density at radius 1 is 1.38 bits per heavy atom. The number of aromatic nitrogens is 1. The molecule has 0 aliphatic carbocycles. The number of pyridine rings is 1. The predicted molar refractivity (Wildman–Crippen MR) is 85.8 cm³/mol. The highest BCUT2D eigenvalue weighted by Gasteiger charge is 2.24. The highest BCUT2D eigenvalue weighted by atomic mass is 35.5. The van der Waals surface area contributed by atoms with Crippen molar-refractivity contribution < 1.29 is 29.3 Å². The molecule has 0 aliphatic rings. The van der Waals surface area contributed by atoms with E-state index in [0.29, 0.717) is 0 Å². The fourth-order valence-corrected chi connectivity index (χ4v) is 1.94. The van der Waals surface area contributed by atoms with E-state index < -0.39 is 29.9 Å². The minimum atomic E-state index is -1.47. The second-order valence-corrected chi connectivity index (χ2v) is 6.35. The summed E-state index contributed by atoms with van der Waals surface area (Å²) >= 11 is 5.89. The van der Waals surface area contributed by atoms with E-state index >= 15 is 0 Å². The van der Waals surface area contributed by atoms with E-state index in [1.165, 1.54) is 19.4 Å². The largest absolute Gasteiger partial charge is 0.465 e. The monoisotopic (exact) mass is 360 g/mol. The van der Waals surface area contributed by atoms with Crippen LogP contribution in [0.5, 0.6) is 0 Å². The van der Waals surface area contributed by atoms with Gasteiger partial charge in [-0.3, -0.25) is 0 Å². The number of aliphatic hydroxyl groups excluding tert-OH is 2. The molecule has 24 heavy (non-hydrogen) atoms. The number of methoxy groups -OCH3 is 1. The highest BCUT2D eigenvalue weighted by Crippen LogP contribution is 2.25. The topological polar surface area (TPSA) is 118 Å². The molecule has 0 fully saturated rings. The number of nitrogens with zero attached hydrogens (tertiary/aromatic N) is 1. The van der Waals surface area contributed by atoms with E-state index in [0.717, 1.165) is 0 Å². The first-order valence-electron chi connectivity index (χ1n) is 7.12. The molecule has 3 N–H and O–H groups in total. The number of ether oxygens (including phenoxy) is 2. The van der Waals surface area contributed by atoms with Crippen molar-refractivity contribution in [2.24, 2.45) is 0 Å². The van der Waals surface area contributed by atoms with Crippen LogP contribution in [-0.4, -0.2) is 52.6 Å². The van der Waals surface area contributed by atoms with Crippen molar-refractivity contribution in [1.82, 2.24) is 10.3 Å². The lowest BCUT2D eigenvalue weighted by Gasteiger charge is -2.22. The molecule has 1 heterocycles. The zero-order valence-electron chi connectivity index (χ0n) is 13.9. The molecule has 2 unspecified atom stereocenters. The van der Waals surface area contributed by atoms with Gasteiger partial charge in [-0.05, 0) is 26.8 Å². The van der Waals surface area contributed by atoms with Crippen LogP contribution in [0.4, 0.5) is 4.79 Å². The number of carbonyl (C=O) groups is 2. The predicted octanol–water partition coefficient (Wildman–Crippen LogP) is 1.44. The van der Waals surface area contributed by atoms with E-state index in [1.807, 2.05) is 0 Å². The molecule has 0 radical (unpaired) electrons. The first-order valence-corrected chi connectivity index (χ1v) is 7.49. The lowest BCUT2D eigenvalue weighted by atomic mass is 10.0. The molecule has 0 aliphatic heterocycles. The summed E-state index contributed by atoms with van der Waals surface area (Å²) in [6.45, 7) is 4.81. The van der Waals surface area contributed by atoms with Crippen LogP contribution >= 0.6 is 11.6 Å². The smallest absolute Gasteiger partial charge is 0.407 e. The van der Waals surface area contributed by atoms with Gasteiger partial charge in [0.25, 0.3) is 0 Å². The summed E-state index contributed by atoms with van der Waals surface area (Å²) in [5.41, 5.74) is -0.572. The number of alkyl carbamates (subject to hydrolysis) is 1. The fraction of sp³-hybridized carbons (Fsp3) is 0.533. The molecule has 0 saturated carbocycles. The summed E-state index contributed by atoms with van der Waals surface area (Å²) in [5.74, 6) is -0.658. The van der Waals surface area contributed by atoms with Gasteiger partial charge in [-0.25, -0.2) is 14.6 Å². The first-order chi connectivity index (χ1) is 11.0. The standard InChI is InChI=1S/C15H21ClN2O6/c1-15(2,3)24-14(22)18-7-10(19)11(20)9-5-8(13(21)23-4)6-17-12(9)16/h5-6,10-11,19-20H,7H2,1-4H3,(H,18,22). The molecular formula is C15H21ClN2O6. The van der Waals surface area contributed by atoms with Crippen LogP contribution in [0.2, 0.25) is 5.15 Å². The summed E-state index contributed by atoms with van der Waals surface area (Å²) in [4.78, 5) is 26.8. The Balaban J connectivity index is 2.77. The van der Waals surface area contributed by atoms with Crippen LogP contribution in [0.25, 0.3) is 0 Å². The van der Waals surface area contributed by atoms with Gasteiger partial charge in [-0.2, -0.15) is 0 Å². The van der Waals surface area contributed by atoms with Gasteiger partial charge < -0.3 is 25.0 Å². The number of esters is 1. The quantitative estimate of drug-likeness (QED) is 0.537. The molecule has 1 aromatic heterocycles. The van der Waals surface area contributed by atoms with Gasteiger partial charge >= 0.3 is 12.1 Å². The van der Waals surface area contributed by atoms with Crippen molar-refractivity contribution in [2.45, 2.75) is 38.6 Å². The van der Waals surface area contributed by atoms with Crippen molar-refractivity contribution >= 4 is 23.7 Å². The molecule has 0 saturated heterocycles. The van der Waals surface area contributed by atoms with Crippen LogP contribution in [0.15, 0.2) is 12.3 Å². The number of hydrogen-bond donors (Lipinski definition) is 3. The lowest BCUT2D eigenvalue weighted by molar-refractivity contribution is 0.0128. The minimum Gasteiger partial charge on any atom is -0.465 e. The third kappa shape index (κ3) is 5.95. The van der Waals surface area contributed by atoms with Gasteiger partial charge in [-0.1, -0.05) is 11.6 Å². The number of amides is 1. The molecule has 1 rings (SSSR count). The Kier molecular flexibility index (Phi) is 6.94. The van der Waals surface area contributed by atoms with Gasteiger partial charge in [0.2, 0.25) is 0 Å². The minimum absolute atomic E-state index is 0.0399. The highest BCUT2D eigenvalue weighted by molar-refractivity contribution is 6.30. The van der Waals surface area contributed by atoms with E-state index in [4.69, 9.17) is 16.3 Å². The molecule has 2 atom stereocenters. The SMILES string of the molecule is COC(=O)c1cnc(Cl)c(C(O)C(O)CNC(=O)OC(C)(C)C)c1. The van der Waals surface area contributed by atoms with Crippen LogP contribution < -0.4 is 5.32 Å². The van der Waals surface area contributed by atoms with Crippen molar-refractivity contribution in [2.75, 3.05) is 13.7 Å². The van der Waals surface area contributed by atoms with Crippen molar-refractivity contribution in [3.8, 4) is 0 Å². The average Bonchev–Trinajstić information content (AvgIpc) is 2.50. The summed E-state index contributed by atoms with van der Waals surface area (Å²) in [6, 6.07) is 1.27.